The van der Waals surface area contributed by atoms with Crippen molar-refractivity contribution in [1.82, 2.24) is 40.4 Å². The van der Waals surface area contributed by atoms with E-state index in [1.165, 1.54) is 21.3 Å². The lowest BCUT2D eigenvalue weighted by atomic mass is 9.92. The number of carbonyl (C=O) groups excluding carboxylic acids is 4. The Bertz CT molecular complexity index is 2500. The Morgan fingerprint density at radius 2 is 1.44 bits per heavy atom. The molecule has 3 aliphatic heterocycles. The van der Waals surface area contributed by atoms with Crippen molar-refractivity contribution in [2.75, 3.05) is 21.3 Å². The molecule has 2 fully saturated rings. The van der Waals surface area contributed by atoms with E-state index in [1.807, 2.05) is 50.9 Å². The second kappa shape index (κ2) is 16.7. The van der Waals surface area contributed by atoms with Gasteiger partial charge in [0, 0.05) is 30.1 Å². The average Bonchev–Trinajstić information content (AvgIpc) is 4.08. The Morgan fingerprint density at radius 3 is 2.10 bits per heavy atom. The molecule has 0 aliphatic carbocycles. The van der Waals surface area contributed by atoms with Crippen LogP contribution in [0.1, 0.15) is 89.6 Å². The van der Waals surface area contributed by atoms with Crippen molar-refractivity contribution >= 4 is 45.8 Å². The lowest BCUT2D eigenvalue weighted by molar-refractivity contribution is -0.139. The molecule has 3 aromatic carbocycles. The fourth-order valence-electron chi connectivity index (χ4n) is 9.25. The molecule has 61 heavy (non-hydrogen) atoms. The predicted octanol–water partition coefficient (Wildman–Crippen LogP) is 6.91. The number of aromatic amines is 2. The number of hydrogen-bond acceptors (Lipinski definition) is 10. The zero-order valence-corrected chi connectivity index (χ0v) is 35.8. The Balaban J connectivity index is 1.05. The third-order valence-electron chi connectivity index (χ3n) is 12.7. The fourth-order valence-corrected chi connectivity index (χ4v) is 9.25. The van der Waals surface area contributed by atoms with Crippen LogP contribution in [0.4, 0.5) is 9.59 Å². The summed E-state index contributed by atoms with van der Waals surface area (Å²) >= 11 is 0. The van der Waals surface area contributed by atoms with Gasteiger partial charge in [-0.1, -0.05) is 32.0 Å². The average molecular weight is 835 g/mol. The van der Waals surface area contributed by atoms with Crippen LogP contribution in [0.3, 0.4) is 0 Å². The summed E-state index contributed by atoms with van der Waals surface area (Å²) < 4.78 is 21.5. The Kier molecular flexibility index (Phi) is 11.4. The summed E-state index contributed by atoms with van der Waals surface area (Å²) in [6.07, 6.45) is 2.94. The molecule has 7 atom stereocenters. The minimum absolute atomic E-state index is 0.0198. The smallest absolute Gasteiger partial charge is 0.407 e. The number of aromatic nitrogens is 4. The van der Waals surface area contributed by atoms with E-state index in [9.17, 15) is 19.2 Å². The number of benzene rings is 3. The van der Waals surface area contributed by atoms with Crippen molar-refractivity contribution < 1.29 is 38.1 Å². The van der Waals surface area contributed by atoms with E-state index >= 15 is 0 Å². The molecule has 0 bridgehead atoms. The van der Waals surface area contributed by atoms with Gasteiger partial charge in [0.05, 0.1) is 55.3 Å². The molecular formula is C45H54N8O8. The number of hydrogen-bond donors (Lipinski definition) is 4. The second-order valence-electron chi connectivity index (χ2n) is 16.8. The molecule has 0 spiro atoms. The largest absolute Gasteiger partial charge is 0.488 e. The van der Waals surface area contributed by atoms with E-state index in [4.69, 9.17) is 28.9 Å². The van der Waals surface area contributed by atoms with Gasteiger partial charge in [-0.05, 0) is 98.7 Å². The third kappa shape index (κ3) is 7.62. The molecule has 322 valence electrons. The van der Waals surface area contributed by atoms with Crippen LogP contribution in [0.5, 0.6) is 5.75 Å². The second-order valence-corrected chi connectivity index (χ2v) is 16.8. The normalized spacial score (nSPS) is 21.1. The van der Waals surface area contributed by atoms with E-state index in [-0.39, 0.29) is 41.9 Å². The first-order valence-electron chi connectivity index (χ1n) is 21.0. The molecule has 5 heterocycles. The molecule has 2 aromatic heterocycles. The van der Waals surface area contributed by atoms with Gasteiger partial charge in [0.1, 0.15) is 36.1 Å². The van der Waals surface area contributed by atoms with Crippen LogP contribution in [0, 0.1) is 5.92 Å². The first-order chi connectivity index (χ1) is 29.3. The first kappa shape index (κ1) is 41.6. The number of imidazole rings is 2. The molecule has 16 heteroatoms. The molecule has 4 N–H and O–H groups in total. The van der Waals surface area contributed by atoms with Crippen molar-refractivity contribution in [3.8, 4) is 28.1 Å². The Morgan fingerprint density at radius 1 is 0.787 bits per heavy atom. The molecule has 0 radical (unpaired) electrons. The van der Waals surface area contributed by atoms with Crippen LogP contribution in [-0.2, 0) is 30.4 Å². The highest BCUT2D eigenvalue weighted by molar-refractivity contribution is 6.07. The number of H-pyrrole nitrogens is 2. The molecule has 0 unspecified atom stereocenters. The quantitative estimate of drug-likeness (QED) is 0.115. The topological polar surface area (TPSA) is 193 Å². The van der Waals surface area contributed by atoms with Crippen LogP contribution in [0.15, 0.2) is 48.7 Å². The molecule has 2 saturated heterocycles. The Labute approximate surface area is 354 Å². The van der Waals surface area contributed by atoms with Crippen molar-refractivity contribution in [3.63, 3.8) is 0 Å². The van der Waals surface area contributed by atoms with Crippen LogP contribution < -0.4 is 15.4 Å². The van der Waals surface area contributed by atoms with Gasteiger partial charge in [0.25, 0.3) is 0 Å². The molecular weight excluding hydrogens is 781 g/mol. The molecule has 4 amide bonds. The minimum Gasteiger partial charge on any atom is -0.488 e. The van der Waals surface area contributed by atoms with Gasteiger partial charge in [0.15, 0.2) is 0 Å². The highest BCUT2D eigenvalue weighted by Crippen LogP contribution is 2.44. The van der Waals surface area contributed by atoms with E-state index in [0.717, 1.165) is 74.8 Å². The van der Waals surface area contributed by atoms with Gasteiger partial charge in [-0.3, -0.25) is 9.59 Å². The van der Waals surface area contributed by atoms with Crippen molar-refractivity contribution in [2.45, 2.75) is 109 Å². The monoisotopic (exact) mass is 834 g/mol. The summed E-state index contributed by atoms with van der Waals surface area (Å²) in [5.74, 6) is 1.59. The first-order valence-corrected chi connectivity index (χ1v) is 21.0. The van der Waals surface area contributed by atoms with Crippen molar-refractivity contribution in [1.29, 1.82) is 0 Å². The minimum atomic E-state index is -0.934. The van der Waals surface area contributed by atoms with E-state index in [2.05, 4.69) is 50.9 Å². The third-order valence-corrected chi connectivity index (χ3v) is 12.7. The maximum absolute atomic E-state index is 14.0. The summed E-state index contributed by atoms with van der Waals surface area (Å²) in [5.41, 5.74) is 6.50. The number of carbonyl (C=O) groups is 4. The predicted molar refractivity (Wildman–Crippen MR) is 227 cm³/mol. The SMILES string of the molecule is COC(=O)N[C@H](C(=O)N1[C@@H](C)CC[C@H]1c1ncc(-c2ccc3c(c2)COc2cc4c(ccc5[nH]c([C@@H]6CC[C@H](C)N6C(=O)[C@@H](NC(=O)OC)[C@H](C)OC)nc54)cc2-3)[nH]1)C(C)C. The molecule has 0 saturated carbocycles. The molecule has 3 aliphatic rings. The number of amides is 4. The lowest BCUT2D eigenvalue weighted by Gasteiger charge is -2.33. The highest BCUT2D eigenvalue weighted by atomic mass is 16.5. The van der Waals surface area contributed by atoms with Crippen LogP contribution in [0.25, 0.3) is 44.2 Å². The van der Waals surface area contributed by atoms with Gasteiger partial charge in [-0.2, -0.15) is 0 Å². The van der Waals surface area contributed by atoms with Crippen LogP contribution >= 0.6 is 0 Å². The van der Waals surface area contributed by atoms with Gasteiger partial charge in [0.2, 0.25) is 11.8 Å². The maximum Gasteiger partial charge on any atom is 0.407 e. The van der Waals surface area contributed by atoms with E-state index in [1.54, 1.807) is 11.8 Å². The van der Waals surface area contributed by atoms with Crippen LogP contribution in [-0.4, -0.2) is 105 Å². The van der Waals surface area contributed by atoms with Gasteiger partial charge < -0.3 is 49.3 Å². The number of alkyl carbamates (subject to hydrolysis) is 2. The number of rotatable bonds is 10. The number of nitrogens with zero attached hydrogens (tertiary/aromatic N) is 4. The number of ether oxygens (including phenoxy) is 4. The fraction of sp³-hybridized carbons (Fsp3) is 0.467. The highest BCUT2D eigenvalue weighted by Gasteiger charge is 2.43. The zero-order chi connectivity index (χ0) is 43.3. The van der Waals surface area contributed by atoms with Gasteiger partial charge >= 0.3 is 12.2 Å². The Hall–Kier alpha value is -6.16. The van der Waals surface area contributed by atoms with E-state index in [0.29, 0.717) is 24.7 Å². The van der Waals surface area contributed by atoms with Gasteiger partial charge in [-0.15, -0.1) is 0 Å². The standard InChI is InChI=1S/C45H54N8O8/c1-22(2)37(50-44(56)59-7)42(54)52-23(3)9-15-34(52)40-46-20-33(48-40)27-11-13-29-28(17-27)21-61-36-19-30-26(18-31(29)36)12-14-32-39(30)49-41(47-32)35-16-10-24(4)53(35)43(55)38(25(5)58-6)51-45(57)60-8/h11-14,17-20,22-25,34-35,37-38H,9-10,15-16,21H2,1-8H3,(H,46,48)(H,47,49)(H,50,56)(H,51,57)/t23-,24-,25-,34-,35-,37-,38-/m0/s1. The van der Waals surface area contributed by atoms with Crippen molar-refractivity contribution in [3.05, 3.63) is 65.9 Å². The number of methoxy groups -OCH3 is 3. The summed E-state index contributed by atoms with van der Waals surface area (Å²) in [6, 6.07) is 12.2. The van der Waals surface area contributed by atoms with Crippen molar-refractivity contribution in [2.24, 2.45) is 5.92 Å². The zero-order valence-electron chi connectivity index (χ0n) is 35.8. The van der Waals surface area contributed by atoms with E-state index < -0.39 is 30.4 Å². The molecule has 5 aromatic rings. The van der Waals surface area contributed by atoms with Gasteiger partial charge in [-0.25, -0.2) is 19.6 Å². The molecule has 8 rings (SSSR count). The number of nitrogens with one attached hydrogen (secondary N) is 4. The molecule has 16 nitrogen and oxygen atoms in total. The summed E-state index contributed by atoms with van der Waals surface area (Å²) in [7, 11) is 4.06. The number of likely N-dealkylation sites (tertiary alicyclic amines) is 2. The summed E-state index contributed by atoms with van der Waals surface area (Å²) in [4.78, 5) is 72.7. The van der Waals surface area contributed by atoms with Crippen LogP contribution in [0.2, 0.25) is 0 Å². The summed E-state index contributed by atoms with van der Waals surface area (Å²) in [5, 5.41) is 7.32. The number of fused-ring (bicyclic) bond motifs is 6. The lowest BCUT2D eigenvalue weighted by Crippen LogP contribution is -2.55. The maximum atomic E-state index is 14.0. The summed E-state index contributed by atoms with van der Waals surface area (Å²) in [6.45, 7) is 9.95.